The van der Waals surface area contributed by atoms with Crippen LogP contribution in [0.25, 0.3) is 0 Å². The molecule has 0 spiro atoms. The van der Waals surface area contributed by atoms with E-state index in [2.05, 4.69) is 10.6 Å². The third kappa shape index (κ3) is 3.30. The van der Waals surface area contributed by atoms with Crippen LogP contribution in [0.2, 0.25) is 0 Å². The summed E-state index contributed by atoms with van der Waals surface area (Å²) in [5, 5.41) is 5.93. The molecule has 0 saturated heterocycles. The average molecular weight is 301 g/mol. The Balaban J connectivity index is 1.61. The Morgan fingerprint density at radius 3 is 2.32 bits per heavy atom. The fourth-order valence-electron chi connectivity index (χ4n) is 2.67. The molecule has 5 heteroatoms. The van der Waals surface area contributed by atoms with Gasteiger partial charge in [-0.2, -0.15) is 0 Å². The van der Waals surface area contributed by atoms with Gasteiger partial charge in [-0.05, 0) is 62.8 Å². The minimum Gasteiger partial charge on any atom is -0.345 e. The lowest BCUT2D eigenvalue weighted by molar-refractivity contribution is -0.117. The normalized spacial score (nSPS) is 20.1. The molecule has 2 aliphatic rings. The number of hydrogen-bond acceptors (Lipinski definition) is 3. The molecular formula is C17H23N3O2. The molecule has 2 fully saturated rings. The SMILES string of the molecule is CC(CN)(NC(=O)c1ccc(NC(=O)C2CC2)cc1)C1CC1. The van der Waals surface area contributed by atoms with Gasteiger partial charge in [0.25, 0.3) is 5.91 Å². The van der Waals surface area contributed by atoms with Crippen LogP contribution in [-0.2, 0) is 4.79 Å². The van der Waals surface area contributed by atoms with E-state index >= 15 is 0 Å². The summed E-state index contributed by atoms with van der Waals surface area (Å²) < 4.78 is 0. The van der Waals surface area contributed by atoms with Crippen molar-refractivity contribution in [3.8, 4) is 0 Å². The maximum Gasteiger partial charge on any atom is 0.251 e. The van der Waals surface area contributed by atoms with Crippen LogP contribution in [0, 0.1) is 11.8 Å². The summed E-state index contributed by atoms with van der Waals surface area (Å²) in [5.41, 5.74) is 6.82. The summed E-state index contributed by atoms with van der Waals surface area (Å²) in [7, 11) is 0. The number of hydrogen-bond donors (Lipinski definition) is 3. The number of nitrogens with one attached hydrogen (secondary N) is 2. The molecule has 0 aliphatic heterocycles. The van der Waals surface area contributed by atoms with Gasteiger partial charge in [-0.3, -0.25) is 9.59 Å². The molecule has 0 bridgehead atoms. The van der Waals surface area contributed by atoms with Crippen molar-refractivity contribution < 1.29 is 9.59 Å². The zero-order chi connectivity index (χ0) is 15.7. The Morgan fingerprint density at radius 1 is 1.18 bits per heavy atom. The van der Waals surface area contributed by atoms with Gasteiger partial charge in [-0.15, -0.1) is 0 Å². The molecule has 0 aromatic heterocycles. The first kappa shape index (κ1) is 15.0. The van der Waals surface area contributed by atoms with E-state index in [-0.39, 0.29) is 23.3 Å². The van der Waals surface area contributed by atoms with Crippen molar-refractivity contribution >= 4 is 17.5 Å². The fourth-order valence-corrected chi connectivity index (χ4v) is 2.67. The van der Waals surface area contributed by atoms with Crippen LogP contribution >= 0.6 is 0 Å². The van der Waals surface area contributed by atoms with Crippen LogP contribution in [0.1, 0.15) is 43.0 Å². The summed E-state index contributed by atoms with van der Waals surface area (Å²) >= 11 is 0. The Hall–Kier alpha value is -1.88. The minimum absolute atomic E-state index is 0.0710. The highest BCUT2D eigenvalue weighted by Crippen LogP contribution is 2.39. The molecule has 4 N–H and O–H groups in total. The van der Waals surface area contributed by atoms with E-state index in [4.69, 9.17) is 5.73 Å². The monoisotopic (exact) mass is 301 g/mol. The third-order valence-corrected chi connectivity index (χ3v) is 4.66. The van der Waals surface area contributed by atoms with Gasteiger partial charge in [0.05, 0.1) is 5.54 Å². The molecule has 1 unspecified atom stereocenters. The predicted octanol–water partition coefficient (Wildman–Crippen LogP) is 1.89. The molecular weight excluding hydrogens is 278 g/mol. The van der Waals surface area contributed by atoms with E-state index in [1.165, 1.54) is 0 Å². The van der Waals surface area contributed by atoms with Crippen molar-refractivity contribution in [2.75, 3.05) is 11.9 Å². The Morgan fingerprint density at radius 2 is 1.82 bits per heavy atom. The highest BCUT2D eigenvalue weighted by Gasteiger charge is 2.41. The second-order valence-corrected chi connectivity index (χ2v) is 6.69. The lowest BCUT2D eigenvalue weighted by Gasteiger charge is -2.29. The highest BCUT2D eigenvalue weighted by molar-refractivity contribution is 5.97. The Labute approximate surface area is 130 Å². The van der Waals surface area contributed by atoms with Gasteiger partial charge >= 0.3 is 0 Å². The zero-order valence-electron chi connectivity index (χ0n) is 12.9. The van der Waals surface area contributed by atoms with Gasteiger partial charge in [0, 0.05) is 23.7 Å². The lowest BCUT2D eigenvalue weighted by Crippen LogP contribution is -2.53. The van der Waals surface area contributed by atoms with Crippen molar-refractivity contribution in [2.45, 2.75) is 38.1 Å². The van der Waals surface area contributed by atoms with Crippen LogP contribution in [0.5, 0.6) is 0 Å². The largest absolute Gasteiger partial charge is 0.345 e. The van der Waals surface area contributed by atoms with Crippen molar-refractivity contribution in [3.63, 3.8) is 0 Å². The summed E-state index contributed by atoms with van der Waals surface area (Å²) in [4.78, 5) is 24.0. The number of anilines is 1. The van der Waals surface area contributed by atoms with Crippen LogP contribution < -0.4 is 16.4 Å². The molecule has 1 atom stereocenters. The minimum atomic E-state index is -0.323. The summed E-state index contributed by atoms with van der Waals surface area (Å²) in [5.74, 6) is 0.617. The summed E-state index contributed by atoms with van der Waals surface area (Å²) in [6.45, 7) is 2.45. The first-order chi connectivity index (χ1) is 10.5. The number of benzene rings is 1. The quantitative estimate of drug-likeness (QED) is 0.750. The van der Waals surface area contributed by atoms with Gasteiger partial charge in [-0.1, -0.05) is 0 Å². The summed E-state index contributed by atoms with van der Waals surface area (Å²) in [6.07, 6.45) is 4.20. The van der Waals surface area contributed by atoms with Gasteiger partial charge in [-0.25, -0.2) is 0 Å². The zero-order valence-corrected chi connectivity index (χ0v) is 12.9. The summed E-state index contributed by atoms with van der Waals surface area (Å²) in [6, 6.07) is 7.02. The number of carbonyl (C=O) groups excluding carboxylic acids is 2. The fraction of sp³-hybridized carbons (Fsp3) is 0.529. The van der Waals surface area contributed by atoms with Gasteiger partial charge in [0.15, 0.2) is 0 Å². The smallest absolute Gasteiger partial charge is 0.251 e. The maximum absolute atomic E-state index is 12.3. The lowest BCUT2D eigenvalue weighted by atomic mass is 9.95. The van der Waals surface area contributed by atoms with Crippen LogP contribution in [0.4, 0.5) is 5.69 Å². The number of nitrogens with two attached hydrogens (primary N) is 1. The topological polar surface area (TPSA) is 84.2 Å². The van der Waals surface area contributed by atoms with E-state index < -0.39 is 0 Å². The molecule has 3 rings (SSSR count). The molecule has 2 saturated carbocycles. The molecule has 2 aliphatic carbocycles. The molecule has 22 heavy (non-hydrogen) atoms. The first-order valence-electron chi connectivity index (χ1n) is 7.95. The van der Waals surface area contributed by atoms with E-state index in [0.29, 0.717) is 18.0 Å². The predicted molar refractivity (Wildman–Crippen MR) is 85.4 cm³/mol. The first-order valence-corrected chi connectivity index (χ1v) is 7.95. The molecule has 0 heterocycles. The Bertz CT molecular complexity index is 576. The van der Waals surface area contributed by atoms with Crippen molar-refractivity contribution in [2.24, 2.45) is 17.6 Å². The van der Waals surface area contributed by atoms with E-state index in [0.717, 1.165) is 31.4 Å². The number of amides is 2. The van der Waals surface area contributed by atoms with Crippen molar-refractivity contribution in [1.82, 2.24) is 5.32 Å². The van der Waals surface area contributed by atoms with Crippen molar-refractivity contribution in [1.29, 1.82) is 0 Å². The van der Waals surface area contributed by atoms with Crippen LogP contribution in [0.3, 0.4) is 0 Å². The van der Waals surface area contributed by atoms with Gasteiger partial charge in [0.1, 0.15) is 0 Å². The molecule has 2 amide bonds. The van der Waals surface area contributed by atoms with Crippen LogP contribution in [0.15, 0.2) is 24.3 Å². The van der Waals surface area contributed by atoms with E-state index in [1.807, 2.05) is 6.92 Å². The number of carbonyl (C=O) groups is 2. The molecule has 0 radical (unpaired) electrons. The maximum atomic E-state index is 12.3. The number of rotatable bonds is 6. The molecule has 5 nitrogen and oxygen atoms in total. The van der Waals surface area contributed by atoms with E-state index in [9.17, 15) is 9.59 Å². The van der Waals surface area contributed by atoms with Gasteiger partial charge in [0.2, 0.25) is 5.91 Å². The average Bonchev–Trinajstić information content (AvgIpc) is 3.40. The molecule has 118 valence electrons. The Kier molecular flexibility index (Phi) is 3.91. The standard InChI is InChI=1S/C17H23N3O2/c1-17(10-18,13-6-7-13)20-16(22)12-4-8-14(9-5-12)19-15(21)11-2-3-11/h4-5,8-9,11,13H,2-3,6-7,10,18H2,1H3,(H,19,21)(H,20,22). The third-order valence-electron chi connectivity index (χ3n) is 4.66. The second kappa shape index (κ2) is 5.72. The second-order valence-electron chi connectivity index (χ2n) is 6.69. The van der Waals surface area contributed by atoms with Gasteiger partial charge < -0.3 is 16.4 Å². The van der Waals surface area contributed by atoms with Crippen molar-refractivity contribution in [3.05, 3.63) is 29.8 Å². The van der Waals surface area contributed by atoms with E-state index in [1.54, 1.807) is 24.3 Å². The highest BCUT2D eigenvalue weighted by atomic mass is 16.2. The molecule has 1 aromatic rings. The molecule has 1 aromatic carbocycles. The van der Waals surface area contributed by atoms with Crippen LogP contribution in [-0.4, -0.2) is 23.9 Å².